The topological polar surface area (TPSA) is 62.3 Å². The van der Waals surface area contributed by atoms with Crippen molar-refractivity contribution >= 4 is 23.6 Å². The molecule has 152 valence electrons. The number of benzene rings is 1. The molecule has 1 N–H and O–H groups in total. The van der Waals surface area contributed by atoms with Crippen LogP contribution in [0.4, 0.5) is 0 Å². The average molecular weight is 410 g/mol. The van der Waals surface area contributed by atoms with Crippen LogP contribution in [0.15, 0.2) is 42.7 Å². The Balaban J connectivity index is 1.54. The van der Waals surface area contributed by atoms with Crippen LogP contribution in [0.25, 0.3) is 11.1 Å². The maximum atomic E-state index is 12.7. The van der Waals surface area contributed by atoms with Gasteiger partial charge in [0.2, 0.25) is 11.8 Å². The Hall–Kier alpha value is -2.34. The second-order valence-corrected chi connectivity index (χ2v) is 8.98. The van der Waals surface area contributed by atoms with E-state index in [4.69, 9.17) is 0 Å². The number of aryl methyl sites for hydroxylation is 1. The summed E-state index contributed by atoms with van der Waals surface area (Å²) in [5.41, 5.74) is 4.35. The summed E-state index contributed by atoms with van der Waals surface area (Å²) >= 11 is 1.57. The number of hydrogen-bond donors (Lipinski definition) is 1. The molecule has 2 aliphatic rings. The molecule has 2 amide bonds. The minimum atomic E-state index is -0.190. The van der Waals surface area contributed by atoms with Gasteiger partial charge in [-0.15, -0.1) is 11.8 Å². The first-order chi connectivity index (χ1) is 14.1. The zero-order valence-electron chi connectivity index (χ0n) is 16.8. The third kappa shape index (κ3) is 4.64. The van der Waals surface area contributed by atoms with E-state index in [1.54, 1.807) is 22.9 Å². The molecule has 6 heteroatoms. The predicted molar refractivity (Wildman–Crippen MR) is 116 cm³/mol. The van der Waals surface area contributed by atoms with Gasteiger partial charge >= 0.3 is 0 Å². The zero-order chi connectivity index (χ0) is 20.2. The summed E-state index contributed by atoms with van der Waals surface area (Å²) in [7, 11) is 0. The van der Waals surface area contributed by atoms with Crippen LogP contribution in [0.1, 0.15) is 48.6 Å². The summed E-state index contributed by atoms with van der Waals surface area (Å²) in [5, 5.41) is 2.94. The van der Waals surface area contributed by atoms with E-state index >= 15 is 0 Å². The minimum absolute atomic E-state index is 0.0116. The predicted octanol–water partition coefficient (Wildman–Crippen LogP) is 4.08. The molecule has 1 saturated carbocycles. The van der Waals surface area contributed by atoms with Crippen molar-refractivity contribution in [3.63, 3.8) is 0 Å². The van der Waals surface area contributed by atoms with Crippen molar-refractivity contribution in [1.82, 2.24) is 15.2 Å². The Bertz CT molecular complexity index is 878. The molecule has 29 heavy (non-hydrogen) atoms. The number of pyridine rings is 1. The molecule has 4 rings (SSSR count). The molecule has 1 aliphatic heterocycles. The summed E-state index contributed by atoms with van der Waals surface area (Å²) < 4.78 is 0. The molecule has 2 aromatic rings. The molecule has 1 unspecified atom stereocenters. The van der Waals surface area contributed by atoms with Crippen LogP contribution in [0, 0.1) is 6.92 Å². The quantitative estimate of drug-likeness (QED) is 0.808. The van der Waals surface area contributed by atoms with E-state index in [2.05, 4.69) is 41.5 Å². The molecule has 1 aliphatic carbocycles. The van der Waals surface area contributed by atoms with Crippen LogP contribution in [-0.4, -0.2) is 40.0 Å². The van der Waals surface area contributed by atoms with Gasteiger partial charge in [-0.25, -0.2) is 0 Å². The molecular formula is C23H27N3O2S. The van der Waals surface area contributed by atoms with Crippen molar-refractivity contribution in [2.45, 2.75) is 50.4 Å². The van der Waals surface area contributed by atoms with Crippen molar-refractivity contribution in [3.8, 4) is 11.1 Å². The summed E-state index contributed by atoms with van der Waals surface area (Å²) in [4.78, 5) is 31.3. The van der Waals surface area contributed by atoms with Gasteiger partial charge < -0.3 is 10.2 Å². The maximum absolute atomic E-state index is 12.7. The summed E-state index contributed by atoms with van der Waals surface area (Å²) in [6.45, 7) is 2.17. The van der Waals surface area contributed by atoms with Crippen LogP contribution in [0.2, 0.25) is 0 Å². The number of carbonyl (C=O) groups excluding carboxylic acids is 2. The number of nitrogens with zero attached hydrogens (tertiary/aromatic N) is 2. The molecular weight excluding hydrogens is 382 g/mol. The Morgan fingerprint density at radius 2 is 1.93 bits per heavy atom. The lowest BCUT2D eigenvalue weighted by Gasteiger charge is -2.27. The van der Waals surface area contributed by atoms with Crippen LogP contribution < -0.4 is 5.32 Å². The van der Waals surface area contributed by atoms with Gasteiger partial charge in [0.15, 0.2) is 0 Å². The average Bonchev–Trinajstić information content (AvgIpc) is 3.09. The number of nitrogens with one attached hydrogen (secondary N) is 1. The second kappa shape index (κ2) is 8.99. The molecule has 5 nitrogen and oxygen atoms in total. The van der Waals surface area contributed by atoms with Gasteiger partial charge in [-0.05, 0) is 37.0 Å². The van der Waals surface area contributed by atoms with E-state index < -0.39 is 0 Å². The fraction of sp³-hybridized carbons (Fsp3) is 0.435. The molecule has 1 atom stereocenters. The lowest BCUT2D eigenvalue weighted by Crippen LogP contribution is -2.44. The van der Waals surface area contributed by atoms with Crippen LogP contribution in [-0.2, 0) is 9.59 Å². The summed E-state index contributed by atoms with van der Waals surface area (Å²) in [6, 6.07) is 10.6. The fourth-order valence-electron chi connectivity index (χ4n) is 4.16. The first kappa shape index (κ1) is 20.0. The van der Waals surface area contributed by atoms with Crippen LogP contribution in [0.3, 0.4) is 0 Å². The van der Waals surface area contributed by atoms with Crippen molar-refractivity contribution in [1.29, 1.82) is 0 Å². The SMILES string of the molecule is Cc1ccc(-c2ccncc2C2SCC(=O)N2CC(=O)NC2CCCCC2)cc1. The van der Waals surface area contributed by atoms with Crippen molar-refractivity contribution in [3.05, 3.63) is 53.9 Å². The number of amides is 2. The highest BCUT2D eigenvalue weighted by Crippen LogP contribution is 2.42. The van der Waals surface area contributed by atoms with Gasteiger partial charge in [0.1, 0.15) is 11.9 Å². The van der Waals surface area contributed by atoms with E-state index in [1.807, 2.05) is 12.3 Å². The van der Waals surface area contributed by atoms with Gasteiger partial charge in [0.25, 0.3) is 0 Å². The first-order valence-corrected chi connectivity index (χ1v) is 11.4. The van der Waals surface area contributed by atoms with Gasteiger partial charge in [-0.2, -0.15) is 0 Å². The lowest BCUT2D eigenvalue weighted by atomic mass is 9.95. The minimum Gasteiger partial charge on any atom is -0.352 e. The number of aromatic nitrogens is 1. The highest BCUT2D eigenvalue weighted by molar-refractivity contribution is 8.00. The zero-order valence-corrected chi connectivity index (χ0v) is 17.6. The fourth-order valence-corrected chi connectivity index (χ4v) is 5.36. The summed E-state index contributed by atoms with van der Waals surface area (Å²) in [5.74, 6) is 0.347. The standard InChI is InChI=1S/C23H27N3O2S/c1-16-7-9-17(10-8-16)19-11-12-24-13-20(19)23-26(22(28)15-29-23)14-21(27)25-18-5-3-2-4-6-18/h7-13,18,23H,2-6,14-15H2,1H3,(H,25,27). The lowest BCUT2D eigenvalue weighted by molar-refractivity contribution is -0.134. The van der Waals surface area contributed by atoms with E-state index in [0.717, 1.165) is 29.5 Å². The first-order valence-electron chi connectivity index (χ1n) is 10.3. The highest BCUT2D eigenvalue weighted by Gasteiger charge is 2.36. The van der Waals surface area contributed by atoms with E-state index in [1.165, 1.54) is 24.8 Å². The molecule has 1 aromatic carbocycles. The molecule has 2 fully saturated rings. The van der Waals surface area contributed by atoms with Gasteiger partial charge in [0, 0.05) is 24.0 Å². The largest absolute Gasteiger partial charge is 0.352 e. The van der Waals surface area contributed by atoms with Gasteiger partial charge in [-0.1, -0.05) is 49.1 Å². The third-order valence-electron chi connectivity index (χ3n) is 5.73. The van der Waals surface area contributed by atoms with Gasteiger partial charge in [0.05, 0.1) is 5.75 Å². The van der Waals surface area contributed by atoms with Crippen molar-refractivity contribution in [2.75, 3.05) is 12.3 Å². The highest BCUT2D eigenvalue weighted by atomic mass is 32.2. The van der Waals surface area contributed by atoms with Crippen LogP contribution >= 0.6 is 11.8 Å². The van der Waals surface area contributed by atoms with Crippen molar-refractivity contribution < 1.29 is 9.59 Å². The van der Waals surface area contributed by atoms with Crippen molar-refractivity contribution in [2.24, 2.45) is 0 Å². The third-order valence-corrected chi connectivity index (χ3v) is 6.97. The monoisotopic (exact) mass is 409 g/mol. The van der Waals surface area contributed by atoms with E-state index in [9.17, 15) is 9.59 Å². The number of hydrogen-bond acceptors (Lipinski definition) is 4. The maximum Gasteiger partial charge on any atom is 0.239 e. The molecule has 1 saturated heterocycles. The molecule has 0 bridgehead atoms. The Morgan fingerprint density at radius 1 is 1.17 bits per heavy atom. The van der Waals surface area contributed by atoms with Crippen LogP contribution in [0.5, 0.6) is 0 Å². The normalized spacial score (nSPS) is 20.1. The second-order valence-electron chi connectivity index (χ2n) is 7.92. The Labute approximate surface area is 176 Å². The Kier molecular flexibility index (Phi) is 6.19. The molecule has 0 spiro atoms. The summed E-state index contributed by atoms with van der Waals surface area (Å²) in [6.07, 6.45) is 9.27. The van der Waals surface area contributed by atoms with E-state index in [0.29, 0.717) is 5.75 Å². The van der Waals surface area contributed by atoms with Gasteiger partial charge in [-0.3, -0.25) is 14.6 Å². The smallest absolute Gasteiger partial charge is 0.239 e. The number of thioether (sulfide) groups is 1. The number of rotatable bonds is 5. The molecule has 0 radical (unpaired) electrons. The van der Waals surface area contributed by atoms with E-state index in [-0.39, 0.29) is 29.8 Å². The Morgan fingerprint density at radius 3 is 2.69 bits per heavy atom. The number of carbonyl (C=O) groups is 2. The molecule has 2 heterocycles. The molecule has 1 aromatic heterocycles.